The molecule has 0 bridgehead atoms. The van der Waals surface area contributed by atoms with Gasteiger partial charge in [0.05, 0.1) is 6.54 Å². The summed E-state index contributed by atoms with van der Waals surface area (Å²) in [5.41, 5.74) is 0.832. The van der Waals surface area contributed by atoms with Crippen LogP contribution in [0, 0.1) is 0 Å². The third kappa shape index (κ3) is 1.71. The molecule has 0 aliphatic rings. The van der Waals surface area contributed by atoms with Crippen LogP contribution in [-0.2, 0) is 0 Å². The average molecular weight is 189 g/mol. The molecule has 2 rings (SSSR count). The molecule has 0 saturated heterocycles. The molecule has 1 aromatic carbocycles. The van der Waals surface area contributed by atoms with Crippen LogP contribution in [0.25, 0.3) is 11.0 Å². The molecule has 0 atom stereocenters. The lowest BCUT2D eigenvalue weighted by molar-refractivity contribution is 0.409. The summed E-state index contributed by atoms with van der Waals surface area (Å²) in [4.78, 5) is 0. The van der Waals surface area contributed by atoms with Gasteiger partial charge in [0.15, 0.2) is 5.88 Å². The summed E-state index contributed by atoms with van der Waals surface area (Å²) in [6, 6.07) is 9.62. The molecular weight excluding hydrogens is 178 g/mol. The minimum Gasteiger partial charge on any atom is -0.511 e. The molecule has 3 heteroatoms. The van der Waals surface area contributed by atoms with Crippen LogP contribution >= 0.6 is 0 Å². The van der Waals surface area contributed by atoms with Crippen molar-refractivity contribution in [3.8, 4) is 0 Å². The fraction of sp³-hybridized carbons (Fsp3) is 0.0909. The maximum Gasteiger partial charge on any atom is 0.194 e. The van der Waals surface area contributed by atoms with E-state index >= 15 is 0 Å². The molecule has 0 unspecified atom stereocenters. The quantitative estimate of drug-likeness (QED) is 0.729. The van der Waals surface area contributed by atoms with E-state index in [0.717, 1.165) is 11.0 Å². The van der Waals surface area contributed by atoms with E-state index in [2.05, 4.69) is 11.9 Å². The number of nitrogens with one attached hydrogen (secondary N) is 1. The number of anilines is 1. The summed E-state index contributed by atoms with van der Waals surface area (Å²) >= 11 is 0. The Morgan fingerprint density at radius 2 is 2.21 bits per heavy atom. The van der Waals surface area contributed by atoms with E-state index in [-0.39, 0.29) is 5.76 Å². The van der Waals surface area contributed by atoms with Crippen LogP contribution in [0.1, 0.15) is 0 Å². The fourth-order valence-corrected chi connectivity index (χ4v) is 1.26. The van der Waals surface area contributed by atoms with Crippen LogP contribution in [0.3, 0.4) is 0 Å². The molecule has 2 N–H and O–H groups in total. The van der Waals surface area contributed by atoms with Crippen molar-refractivity contribution in [2.75, 3.05) is 11.9 Å². The van der Waals surface area contributed by atoms with Gasteiger partial charge in [0.2, 0.25) is 0 Å². The van der Waals surface area contributed by atoms with Crippen molar-refractivity contribution >= 4 is 16.9 Å². The molecule has 3 nitrogen and oxygen atoms in total. The van der Waals surface area contributed by atoms with Gasteiger partial charge in [-0.25, -0.2) is 0 Å². The first kappa shape index (κ1) is 8.69. The lowest BCUT2D eigenvalue weighted by atomic mass is 10.3. The largest absolute Gasteiger partial charge is 0.511 e. The fourth-order valence-electron chi connectivity index (χ4n) is 1.26. The van der Waals surface area contributed by atoms with Gasteiger partial charge in [0, 0.05) is 11.5 Å². The highest BCUT2D eigenvalue weighted by atomic mass is 16.3. The minimum absolute atomic E-state index is 0.0884. The van der Waals surface area contributed by atoms with E-state index in [0.29, 0.717) is 12.4 Å². The molecule has 1 aromatic heterocycles. The Hall–Kier alpha value is -1.90. The summed E-state index contributed by atoms with van der Waals surface area (Å²) in [5, 5.41) is 12.8. The van der Waals surface area contributed by atoms with Crippen LogP contribution in [0.4, 0.5) is 5.88 Å². The number of benzene rings is 1. The van der Waals surface area contributed by atoms with Crippen molar-refractivity contribution < 1.29 is 9.52 Å². The number of para-hydroxylation sites is 1. The molecule has 0 spiro atoms. The zero-order valence-corrected chi connectivity index (χ0v) is 7.66. The number of hydrogen-bond acceptors (Lipinski definition) is 3. The van der Waals surface area contributed by atoms with Crippen molar-refractivity contribution in [2.24, 2.45) is 0 Å². The first-order chi connectivity index (χ1) is 6.75. The normalized spacial score (nSPS) is 10.3. The molecular formula is C11H11NO2. The van der Waals surface area contributed by atoms with Gasteiger partial charge in [-0.2, -0.15) is 0 Å². The van der Waals surface area contributed by atoms with Crippen LogP contribution in [0.15, 0.2) is 47.1 Å². The van der Waals surface area contributed by atoms with Crippen molar-refractivity contribution in [3.63, 3.8) is 0 Å². The molecule has 0 aliphatic carbocycles. The van der Waals surface area contributed by atoms with E-state index < -0.39 is 0 Å². The highest BCUT2D eigenvalue weighted by Crippen LogP contribution is 2.22. The second-order valence-electron chi connectivity index (χ2n) is 3.07. The van der Waals surface area contributed by atoms with E-state index in [1.807, 2.05) is 30.3 Å². The molecule has 0 aliphatic heterocycles. The first-order valence-electron chi connectivity index (χ1n) is 4.35. The highest BCUT2D eigenvalue weighted by Gasteiger charge is 2.01. The van der Waals surface area contributed by atoms with Crippen LogP contribution in [-0.4, -0.2) is 11.7 Å². The van der Waals surface area contributed by atoms with Crippen LogP contribution in [0.5, 0.6) is 0 Å². The van der Waals surface area contributed by atoms with Gasteiger partial charge in [-0.15, -0.1) is 0 Å². The minimum atomic E-state index is 0.0884. The number of aliphatic hydroxyl groups is 1. The number of fused-ring (bicyclic) bond motifs is 1. The van der Waals surface area contributed by atoms with Gasteiger partial charge in [-0.1, -0.05) is 24.8 Å². The Balaban J connectivity index is 2.22. The smallest absolute Gasteiger partial charge is 0.194 e. The summed E-state index contributed by atoms with van der Waals surface area (Å²) in [7, 11) is 0. The summed E-state index contributed by atoms with van der Waals surface area (Å²) < 4.78 is 5.46. The summed E-state index contributed by atoms with van der Waals surface area (Å²) in [5.74, 6) is 0.729. The maximum absolute atomic E-state index is 8.89. The van der Waals surface area contributed by atoms with Gasteiger partial charge in [0.1, 0.15) is 11.3 Å². The van der Waals surface area contributed by atoms with Crippen molar-refractivity contribution in [2.45, 2.75) is 0 Å². The standard InChI is InChI=1S/C11H11NO2/c1-8(13)7-12-11-6-9-4-2-3-5-10(9)14-11/h2-6,12-13H,1,7H2. The number of aliphatic hydroxyl groups excluding tert-OH is 1. The van der Waals surface area contributed by atoms with Crippen molar-refractivity contribution in [1.82, 2.24) is 0 Å². The Bertz CT molecular complexity index is 426. The Morgan fingerprint density at radius 3 is 2.93 bits per heavy atom. The van der Waals surface area contributed by atoms with Gasteiger partial charge in [-0.05, 0) is 6.07 Å². The summed E-state index contributed by atoms with van der Waals surface area (Å²) in [6.07, 6.45) is 0. The maximum atomic E-state index is 8.89. The van der Waals surface area contributed by atoms with Crippen LogP contribution < -0.4 is 5.32 Å². The van der Waals surface area contributed by atoms with Gasteiger partial charge < -0.3 is 14.8 Å². The molecule has 1 heterocycles. The van der Waals surface area contributed by atoms with Gasteiger partial charge in [0.25, 0.3) is 0 Å². The third-order valence-electron chi connectivity index (χ3n) is 1.89. The van der Waals surface area contributed by atoms with Gasteiger partial charge >= 0.3 is 0 Å². The zero-order valence-electron chi connectivity index (χ0n) is 7.66. The van der Waals surface area contributed by atoms with Crippen molar-refractivity contribution in [1.29, 1.82) is 0 Å². The highest BCUT2D eigenvalue weighted by molar-refractivity contribution is 5.80. The molecule has 0 fully saturated rings. The van der Waals surface area contributed by atoms with Crippen LogP contribution in [0.2, 0.25) is 0 Å². The lowest BCUT2D eigenvalue weighted by Crippen LogP contribution is -2.01. The number of rotatable bonds is 3. The third-order valence-corrected chi connectivity index (χ3v) is 1.89. The lowest BCUT2D eigenvalue weighted by Gasteiger charge is -1.98. The van der Waals surface area contributed by atoms with E-state index in [1.54, 1.807) is 0 Å². The average Bonchev–Trinajstić information content (AvgIpc) is 2.57. The molecule has 0 saturated carbocycles. The molecule has 72 valence electrons. The summed E-state index contributed by atoms with van der Waals surface area (Å²) in [6.45, 7) is 3.68. The Kier molecular flexibility index (Phi) is 2.14. The van der Waals surface area contributed by atoms with E-state index in [1.165, 1.54) is 0 Å². The van der Waals surface area contributed by atoms with E-state index in [9.17, 15) is 0 Å². The molecule has 0 radical (unpaired) electrons. The van der Waals surface area contributed by atoms with E-state index in [4.69, 9.17) is 9.52 Å². The second-order valence-corrected chi connectivity index (χ2v) is 3.07. The predicted molar refractivity (Wildman–Crippen MR) is 56.5 cm³/mol. The Labute approximate surface area is 81.7 Å². The molecule has 14 heavy (non-hydrogen) atoms. The molecule has 0 amide bonds. The first-order valence-corrected chi connectivity index (χ1v) is 4.35. The van der Waals surface area contributed by atoms with Crippen molar-refractivity contribution in [3.05, 3.63) is 42.7 Å². The SMILES string of the molecule is C=C(O)CNc1cc2ccccc2o1. The van der Waals surface area contributed by atoms with Gasteiger partial charge in [-0.3, -0.25) is 0 Å². The predicted octanol–water partition coefficient (Wildman–Crippen LogP) is 2.92. The second kappa shape index (κ2) is 3.46. The monoisotopic (exact) mass is 189 g/mol. The Morgan fingerprint density at radius 1 is 1.43 bits per heavy atom. The number of furan rings is 1. The molecule has 2 aromatic rings. The number of hydrogen-bond donors (Lipinski definition) is 2. The topological polar surface area (TPSA) is 45.4 Å². The zero-order chi connectivity index (χ0) is 9.97.